The first-order valence-corrected chi connectivity index (χ1v) is 11.2. The fraction of sp³-hybridized carbons (Fsp3) is 0.909. The molecule has 1 aliphatic carbocycles. The van der Waals surface area contributed by atoms with Crippen LogP contribution in [0.2, 0.25) is 0 Å². The summed E-state index contributed by atoms with van der Waals surface area (Å²) in [6, 6.07) is 0. The Kier molecular flexibility index (Phi) is 11.8. The highest BCUT2D eigenvalue weighted by Gasteiger charge is 2.42. The zero-order valence-corrected chi connectivity index (χ0v) is 21.6. The van der Waals surface area contributed by atoms with Gasteiger partial charge in [0.15, 0.2) is 5.96 Å². The van der Waals surface area contributed by atoms with Gasteiger partial charge in [0.05, 0.1) is 5.41 Å². The molecule has 0 aromatic rings. The topological polar surface area (TPSA) is 60.0 Å². The zero-order chi connectivity index (χ0) is 20.6. The Morgan fingerprint density at radius 3 is 2.28 bits per heavy atom. The van der Waals surface area contributed by atoms with E-state index in [1.54, 1.807) is 11.9 Å². The van der Waals surface area contributed by atoms with Crippen LogP contribution in [-0.2, 0) is 4.79 Å². The van der Waals surface area contributed by atoms with Crippen LogP contribution in [0.4, 0.5) is 0 Å². The quantitative estimate of drug-likeness (QED) is 0.223. The summed E-state index contributed by atoms with van der Waals surface area (Å²) in [5.74, 6) is 2.73. The van der Waals surface area contributed by atoms with Crippen LogP contribution in [0.25, 0.3) is 0 Å². The van der Waals surface area contributed by atoms with Gasteiger partial charge in [-0.05, 0) is 50.5 Å². The molecule has 1 saturated heterocycles. The van der Waals surface area contributed by atoms with E-state index in [2.05, 4.69) is 34.4 Å². The summed E-state index contributed by atoms with van der Waals surface area (Å²) >= 11 is 0. The molecule has 0 bridgehead atoms. The van der Waals surface area contributed by atoms with E-state index in [1.807, 2.05) is 14.1 Å². The molecule has 2 N–H and O–H groups in total. The SMILES string of the molecule is CN=C(NCCCCN1CC(C)CC(C)C1)NCC1(C(=O)N(C)C)CCCC1.I. The molecule has 0 aromatic carbocycles. The maximum atomic E-state index is 12.7. The summed E-state index contributed by atoms with van der Waals surface area (Å²) in [4.78, 5) is 21.4. The fourth-order valence-electron chi connectivity index (χ4n) is 5.11. The molecular weight excluding hydrogens is 477 g/mol. The number of nitrogens with one attached hydrogen (secondary N) is 2. The summed E-state index contributed by atoms with van der Waals surface area (Å²) in [7, 11) is 5.53. The van der Waals surface area contributed by atoms with Gasteiger partial charge in [0.1, 0.15) is 0 Å². The van der Waals surface area contributed by atoms with Crippen molar-refractivity contribution in [3.05, 3.63) is 0 Å². The van der Waals surface area contributed by atoms with Crippen LogP contribution >= 0.6 is 24.0 Å². The Morgan fingerprint density at radius 1 is 1.10 bits per heavy atom. The minimum atomic E-state index is -0.261. The molecule has 1 amide bonds. The Balaban J connectivity index is 0.00000420. The van der Waals surface area contributed by atoms with Gasteiger partial charge in [0, 0.05) is 47.3 Å². The van der Waals surface area contributed by atoms with Gasteiger partial charge < -0.3 is 20.4 Å². The first-order valence-electron chi connectivity index (χ1n) is 11.2. The normalized spacial score (nSPS) is 24.7. The number of piperidine rings is 1. The smallest absolute Gasteiger partial charge is 0.230 e. The van der Waals surface area contributed by atoms with Crippen LogP contribution in [0.1, 0.15) is 58.8 Å². The number of likely N-dealkylation sites (tertiary alicyclic amines) is 1. The molecule has 1 aliphatic heterocycles. The van der Waals surface area contributed by atoms with Crippen molar-refractivity contribution < 1.29 is 4.79 Å². The summed E-state index contributed by atoms with van der Waals surface area (Å²) < 4.78 is 0. The molecule has 7 heteroatoms. The third kappa shape index (κ3) is 8.23. The zero-order valence-electron chi connectivity index (χ0n) is 19.3. The van der Waals surface area contributed by atoms with Gasteiger partial charge in [-0.25, -0.2) is 0 Å². The second-order valence-electron chi connectivity index (χ2n) is 9.45. The van der Waals surface area contributed by atoms with Crippen molar-refractivity contribution in [2.45, 2.75) is 58.8 Å². The van der Waals surface area contributed by atoms with Gasteiger partial charge in [0.2, 0.25) is 5.91 Å². The van der Waals surface area contributed by atoms with Crippen LogP contribution in [0.3, 0.4) is 0 Å². The molecular formula is C22H44IN5O. The van der Waals surface area contributed by atoms with Gasteiger partial charge in [-0.1, -0.05) is 26.7 Å². The van der Waals surface area contributed by atoms with E-state index in [-0.39, 0.29) is 35.3 Å². The molecule has 170 valence electrons. The number of unbranched alkanes of at least 4 members (excludes halogenated alkanes) is 1. The third-order valence-corrected chi connectivity index (χ3v) is 6.38. The number of nitrogens with zero attached hydrogens (tertiary/aromatic N) is 3. The highest BCUT2D eigenvalue weighted by Crippen LogP contribution is 2.38. The molecule has 2 unspecified atom stereocenters. The molecule has 6 nitrogen and oxygen atoms in total. The lowest BCUT2D eigenvalue weighted by molar-refractivity contribution is -0.138. The maximum Gasteiger partial charge on any atom is 0.230 e. The van der Waals surface area contributed by atoms with E-state index in [0.29, 0.717) is 6.54 Å². The lowest BCUT2D eigenvalue weighted by Gasteiger charge is -2.35. The molecule has 2 atom stereocenters. The average Bonchev–Trinajstić information content (AvgIpc) is 3.12. The predicted octanol–water partition coefficient (Wildman–Crippen LogP) is 3.18. The molecule has 0 spiro atoms. The highest BCUT2D eigenvalue weighted by atomic mass is 127. The third-order valence-electron chi connectivity index (χ3n) is 6.38. The number of guanidine groups is 1. The number of carbonyl (C=O) groups is 1. The molecule has 29 heavy (non-hydrogen) atoms. The summed E-state index contributed by atoms with van der Waals surface area (Å²) in [5.41, 5.74) is -0.261. The largest absolute Gasteiger partial charge is 0.356 e. The minimum Gasteiger partial charge on any atom is -0.356 e. The first kappa shape index (κ1) is 26.5. The molecule has 2 aliphatic rings. The van der Waals surface area contributed by atoms with E-state index in [4.69, 9.17) is 0 Å². The number of hydrogen-bond acceptors (Lipinski definition) is 3. The van der Waals surface area contributed by atoms with Crippen molar-refractivity contribution >= 4 is 35.8 Å². The lowest BCUT2D eigenvalue weighted by atomic mass is 9.84. The van der Waals surface area contributed by atoms with Crippen LogP contribution < -0.4 is 10.6 Å². The van der Waals surface area contributed by atoms with Crippen LogP contribution in [0.5, 0.6) is 0 Å². The Bertz CT molecular complexity index is 509. The summed E-state index contributed by atoms with van der Waals surface area (Å²) in [5, 5.41) is 6.85. The first-order chi connectivity index (χ1) is 13.4. The van der Waals surface area contributed by atoms with E-state index < -0.39 is 0 Å². The van der Waals surface area contributed by atoms with Crippen molar-refractivity contribution in [3.8, 4) is 0 Å². The molecule has 0 radical (unpaired) electrons. The van der Waals surface area contributed by atoms with E-state index in [1.165, 1.54) is 32.5 Å². The average molecular weight is 522 g/mol. The van der Waals surface area contributed by atoms with Crippen molar-refractivity contribution in [1.82, 2.24) is 20.4 Å². The molecule has 0 aromatic heterocycles. The molecule has 2 rings (SSSR count). The monoisotopic (exact) mass is 521 g/mol. The minimum absolute atomic E-state index is 0. The maximum absolute atomic E-state index is 12.7. The number of halogens is 1. The number of aliphatic imine (C=N–C) groups is 1. The summed E-state index contributed by atoms with van der Waals surface area (Å²) in [6.45, 7) is 10.0. The number of rotatable bonds is 8. The second-order valence-corrected chi connectivity index (χ2v) is 9.45. The number of carbonyl (C=O) groups excluding carboxylic acids is 1. The van der Waals surface area contributed by atoms with Crippen LogP contribution in [0.15, 0.2) is 4.99 Å². The van der Waals surface area contributed by atoms with E-state index >= 15 is 0 Å². The Morgan fingerprint density at radius 2 is 1.72 bits per heavy atom. The van der Waals surface area contributed by atoms with Gasteiger partial charge in [-0.15, -0.1) is 24.0 Å². The van der Waals surface area contributed by atoms with Gasteiger partial charge >= 0.3 is 0 Å². The fourth-order valence-corrected chi connectivity index (χ4v) is 5.11. The Labute approximate surface area is 195 Å². The summed E-state index contributed by atoms with van der Waals surface area (Å²) in [6.07, 6.45) is 7.95. The second kappa shape index (κ2) is 13.0. The van der Waals surface area contributed by atoms with E-state index in [0.717, 1.165) is 56.4 Å². The molecule has 2 fully saturated rings. The molecule has 1 heterocycles. The highest BCUT2D eigenvalue weighted by molar-refractivity contribution is 14.0. The van der Waals surface area contributed by atoms with Crippen molar-refractivity contribution in [2.75, 3.05) is 53.9 Å². The van der Waals surface area contributed by atoms with Crippen molar-refractivity contribution in [3.63, 3.8) is 0 Å². The number of amides is 1. The molecule has 1 saturated carbocycles. The predicted molar refractivity (Wildman–Crippen MR) is 133 cm³/mol. The van der Waals surface area contributed by atoms with Crippen LogP contribution in [0, 0.1) is 17.3 Å². The van der Waals surface area contributed by atoms with Gasteiger partial charge in [0.25, 0.3) is 0 Å². The van der Waals surface area contributed by atoms with Gasteiger partial charge in [-0.3, -0.25) is 9.79 Å². The van der Waals surface area contributed by atoms with Crippen molar-refractivity contribution in [2.24, 2.45) is 22.2 Å². The van der Waals surface area contributed by atoms with E-state index in [9.17, 15) is 4.79 Å². The standard InChI is InChI=1S/C22H43N5O.HI/c1-18-14-19(2)16-27(15-18)13-9-8-12-24-21(23-3)25-17-22(10-6-7-11-22)20(28)26(4)5;/h18-19H,6-17H2,1-5H3,(H2,23,24,25);1H. The van der Waals surface area contributed by atoms with Gasteiger partial charge in [-0.2, -0.15) is 0 Å². The lowest BCUT2D eigenvalue weighted by Crippen LogP contribution is -2.49. The number of hydrogen-bond donors (Lipinski definition) is 2. The Hall–Kier alpha value is -0.570. The van der Waals surface area contributed by atoms with Crippen molar-refractivity contribution in [1.29, 1.82) is 0 Å². The van der Waals surface area contributed by atoms with Crippen LogP contribution in [-0.4, -0.2) is 75.5 Å².